The van der Waals surface area contributed by atoms with Gasteiger partial charge >= 0.3 is 0 Å². The molecule has 1 aliphatic heterocycles. The quantitative estimate of drug-likeness (QED) is 0.793. The first-order valence-corrected chi connectivity index (χ1v) is 8.67. The Bertz CT molecular complexity index is 649. The molecule has 0 spiro atoms. The molecule has 0 aromatic heterocycles. The third-order valence-corrected chi connectivity index (χ3v) is 5.84. The van der Waals surface area contributed by atoms with Crippen molar-refractivity contribution < 1.29 is 17.5 Å². The Labute approximate surface area is 134 Å². The molecule has 0 radical (unpaired) electrons. The minimum absolute atomic E-state index is 0.00000346. The Hall–Kier alpha value is -1.20. The van der Waals surface area contributed by atoms with E-state index in [-0.39, 0.29) is 30.5 Å². The smallest absolute Gasteiger partial charge is 0.247 e. The molecule has 0 bridgehead atoms. The number of hydrogen-bond donors (Lipinski definition) is 0. The topological polar surface area (TPSA) is 70.4 Å². The van der Waals surface area contributed by atoms with Crippen LogP contribution < -0.4 is 0 Å². The van der Waals surface area contributed by atoms with Crippen molar-refractivity contribution in [1.82, 2.24) is 4.31 Å². The van der Waals surface area contributed by atoms with Gasteiger partial charge in [0.2, 0.25) is 10.0 Å². The normalized spacial score (nSPS) is 18.5. The molecule has 8 heteroatoms. The van der Waals surface area contributed by atoms with E-state index < -0.39 is 20.7 Å². The maximum Gasteiger partial charge on any atom is 0.247 e. The van der Waals surface area contributed by atoms with E-state index in [1.165, 1.54) is 12.1 Å². The number of rotatable bonds is 6. The van der Waals surface area contributed by atoms with Crippen LogP contribution in [0.4, 0.5) is 4.39 Å². The second kappa shape index (κ2) is 7.38. The van der Waals surface area contributed by atoms with Crippen molar-refractivity contribution in [2.24, 2.45) is 5.92 Å². The van der Waals surface area contributed by atoms with Crippen LogP contribution in [0.3, 0.4) is 0 Å². The van der Waals surface area contributed by atoms with Crippen LogP contribution in [0.25, 0.3) is 0 Å². The number of benzene rings is 1. The predicted octanol–water partition coefficient (Wildman–Crippen LogP) is 2.42. The zero-order chi connectivity index (χ0) is 16.2. The molecule has 1 heterocycles. The van der Waals surface area contributed by atoms with Crippen molar-refractivity contribution in [2.45, 2.75) is 17.7 Å². The van der Waals surface area contributed by atoms with Gasteiger partial charge in [-0.3, -0.25) is 0 Å². The summed E-state index contributed by atoms with van der Waals surface area (Å²) in [5, 5.41) is 8.56. The molecule has 120 valence electrons. The van der Waals surface area contributed by atoms with Crippen LogP contribution in [0, 0.1) is 23.1 Å². The summed E-state index contributed by atoms with van der Waals surface area (Å²) in [4.78, 5) is -0.534. The summed E-state index contributed by atoms with van der Waals surface area (Å²) >= 11 is 5.87. The first kappa shape index (κ1) is 17.2. The fourth-order valence-electron chi connectivity index (χ4n) is 2.36. The van der Waals surface area contributed by atoms with Gasteiger partial charge in [0.15, 0.2) is 0 Å². The summed E-state index contributed by atoms with van der Waals surface area (Å²) in [7, 11) is -4.10. The highest BCUT2D eigenvalue weighted by molar-refractivity contribution is 7.89. The van der Waals surface area contributed by atoms with Gasteiger partial charge in [-0.2, -0.15) is 9.57 Å². The molecular weight excluding hydrogens is 331 g/mol. The average Bonchev–Trinajstić information content (AvgIpc) is 2.95. The predicted molar refractivity (Wildman–Crippen MR) is 79.3 cm³/mol. The third-order valence-electron chi connectivity index (χ3n) is 3.48. The van der Waals surface area contributed by atoms with Crippen LogP contribution in [0.15, 0.2) is 23.1 Å². The molecule has 0 saturated carbocycles. The Kier molecular flexibility index (Phi) is 5.75. The van der Waals surface area contributed by atoms with E-state index in [0.29, 0.717) is 13.2 Å². The van der Waals surface area contributed by atoms with E-state index in [0.717, 1.165) is 16.8 Å². The average molecular weight is 347 g/mol. The van der Waals surface area contributed by atoms with Gasteiger partial charge in [0.25, 0.3) is 0 Å². The van der Waals surface area contributed by atoms with Gasteiger partial charge in [-0.25, -0.2) is 12.8 Å². The highest BCUT2D eigenvalue weighted by atomic mass is 35.5. The molecular formula is C14H16ClFN2O3S. The van der Waals surface area contributed by atoms with Crippen molar-refractivity contribution >= 4 is 21.6 Å². The number of hydrogen-bond acceptors (Lipinski definition) is 4. The van der Waals surface area contributed by atoms with Crippen LogP contribution in [0.2, 0.25) is 5.02 Å². The molecule has 0 N–H and O–H groups in total. The summed E-state index contributed by atoms with van der Waals surface area (Å²) in [5.74, 6) is -0.851. The second-order valence-electron chi connectivity index (χ2n) is 5.05. The Morgan fingerprint density at radius 3 is 2.86 bits per heavy atom. The van der Waals surface area contributed by atoms with Crippen LogP contribution in [-0.2, 0) is 14.8 Å². The number of nitrogens with zero attached hydrogens (tertiary/aromatic N) is 2. The standard InChI is InChI=1S/C14H16ClFN2O3S/c15-12-3-1-4-13(16)14(12)22(19,20)18(7-2-6-17)9-11-5-8-21-10-11/h1,3-4,11H,2,5,7-10H2/t11-/m0/s1. The van der Waals surface area contributed by atoms with Gasteiger partial charge in [-0.1, -0.05) is 17.7 Å². The molecule has 1 aromatic rings. The molecule has 0 unspecified atom stereocenters. The Morgan fingerprint density at radius 1 is 1.50 bits per heavy atom. The largest absolute Gasteiger partial charge is 0.381 e. The fraction of sp³-hybridized carbons (Fsp3) is 0.500. The number of nitriles is 1. The molecule has 0 aliphatic carbocycles. The number of sulfonamides is 1. The lowest BCUT2D eigenvalue weighted by Crippen LogP contribution is -2.37. The van der Waals surface area contributed by atoms with Gasteiger partial charge < -0.3 is 4.74 Å². The van der Waals surface area contributed by atoms with Crippen molar-refractivity contribution in [3.8, 4) is 6.07 Å². The first-order valence-electron chi connectivity index (χ1n) is 6.85. The summed E-state index contributed by atoms with van der Waals surface area (Å²) in [6.07, 6.45) is 0.766. The molecule has 1 aromatic carbocycles. The van der Waals surface area contributed by atoms with Crippen LogP contribution in [0.1, 0.15) is 12.8 Å². The Morgan fingerprint density at radius 2 is 2.27 bits per heavy atom. The lowest BCUT2D eigenvalue weighted by atomic mass is 10.1. The maximum absolute atomic E-state index is 14.0. The highest BCUT2D eigenvalue weighted by Crippen LogP contribution is 2.28. The zero-order valence-electron chi connectivity index (χ0n) is 11.8. The lowest BCUT2D eigenvalue weighted by molar-refractivity contribution is 0.180. The monoisotopic (exact) mass is 346 g/mol. The second-order valence-corrected chi connectivity index (χ2v) is 7.33. The SMILES string of the molecule is N#CCCN(C[C@@H]1CCOC1)S(=O)(=O)c1c(F)cccc1Cl. The molecule has 22 heavy (non-hydrogen) atoms. The van der Waals surface area contributed by atoms with E-state index in [1.807, 2.05) is 6.07 Å². The molecule has 0 amide bonds. The van der Waals surface area contributed by atoms with E-state index in [9.17, 15) is 12.8 Å². The van der Waals surface area contributed by atoms with E-state index in [1.54, 1.807) is 0 Å². The molecule has 1 aliphatic rings. The van der Waals surface area contributed by atoms with E-state index in [2.05, 4.69) is 0 Å². The minimum atomic E-state index is -4.10. The Balaban J connectivity index is 2.33. The van der Waals surface area contributed by atoms with Crippen LogP contribution >= 0.6 is 11.6 Å². The minimum Gasteiger partial charge on any atom is -0.381 e. The van der Waals surface area contributed by atoms with Gasteiger partial charge in [0, 0.05) is 26.1 Å². The molecule has 2 rings (SSSR count). The van der Waals surface area contributed by atoms with Gasteiger partial charge in [-0.15, -0.1) is 0 Å². The number of halogens is 2. The third kappa shape index (κ3) is 3.76. The van der Waals surface area contributed by atoms with Crippen molar-refractivity contribution in [3.63, 3.8) is 0 Å². The van der Waals surface area contributed by atoms with Crippen molar-refractivity contribution in [2.75, 3.05) is 26.3 Å². The summed E-state index contributed by atoms with van der Waals surface area (Å²) in [5.41, 5.74) is 0. The molecule has 1 fully saturated rings. The molecule has 1 atom stereocenters. The fourth-order valence-corrected chi connectivity index (χ4v) is 4.44. The molecule has 1 saturated heterocycles. The summed E-state index contributed by atoms with van der Waals surface area (Å²) in [6.45, 7) is 1.23. The maximum atomic E-state index is 14.0. The van der Waals surface area contributed by atoms with Crippen LogP contribution in [0.5, 0.6) is 0 Å². The summed E-state index contributed by atoms with van der Waals surface area (Å²) in [6, 6.07) is 5.65. The van der Waals surface area contributed by atoms with Crippen molar-refractivity contribution in [1.29, 1.82) is 5.26 Å². The lowest BCUT2D eigenvalue weighted by Gasteiger charge is -2.24. The van der Waals surface area contributed by atoms with Gasteiger partial charge in [0.05, 0.1) is 17.7 Å². The summed E-state index contributed by atoms with van der Waals surface area (Å²) < 4.78 is 45.8. The zero-order valence-corrected chi connectivity index (χ0v) is 13.4. The van der Waals surface area contributed by atoms with Gasteiger partial charge in [0.1, 0.15) is 10.7 Å². The number of ether oxygens (including phenoxy) is 1. The van der Waals surface area contributed by atoms with E-state index >= 15 is 0 Å². The highest BCUT2D eigenvalue weighted by Gasteiger charge is 2.32. The van der Waals surface area contributed by atoms with Gasteiger partial charge in [-0.05, 0) is 24.5 Å². The van der Waals surface area contributed by atoms with Crippen LogP contribution in [-0.4, -0.2) is 39.0 Å². The van der Waals surface area contributed by atoms with Crippen molar-refractivity contribution in [3.05, 3.63) is 29.0 Å². The van der Waals surface area contributed by atoms with E-state index in [4.69, 9.17) is 21.6 Å². The molecule has 5 nitrogen and oxygen atoms in total. The first-order chi connectivity index (χ1) is 10.5.